The third-order valence-electron chi connectivity index (χ3n) is 1.86. The molecule has 0 spiro atoms. The predicted molar refractivity (Wildman–Crippen MR) is 62.3 cm³/mol. The van der Waals surface area contributed by atoms with E-state index in [4.69, 9.17) is 4.74 Å². The van der Waals surface area contributed by atoms with Crippen LogP contribution >= 0.6 is 15.9 Å². The third kappa shape index (κ3) is 5.25. The zero-order valence-electron chi connectivity index (χ0n) is 8.72. The van der Waals surface area contributed by atoms with Crippen LogP contribution < -0.4 is 5.32 Å². The Morgan fingerprint density at radius 3 is 2.87 bits per heavy atom. The van der Waals surface area contributed by atoms with E-state index < -0.39 is 0 Å². The first-order valence-electron chi connectivity index (χ1n) is 4.96. The number of halogens is 2. The van der Waals surface area contributed by atoms with Gasteiger partial charge in [0.2, 0.25) is 0 Å². The van der Waals surface area contributed by atoms with Crippen molar-refractivity contribution in [1.29, 1.82) is 0 Å². The molecule has 0 amide bonds. The summed E-state index contributed by atoms with van der Waals surface area (Å²) in [5, 5.41) is 3.15. The van der Waals surface area contributed by atoms with E-state index in [0.29, 0.717) is 13.2 Å². The highest BCUT2D eigenvalue weighted by atomic mass is 79.9. The fourth-order valence-electron chi connectivity index (χ4n) is 1.21. The molecule has 0 atom stereocenters. The van der Waals surface area contributed by atoms with Crippen molar-refractivity contribution in [2.75, 3.05) is 19.7 Å². The molecule has 0 saturated heterocycles. The van der Waals surface area contributed by atoms with Gasteiger partial charge < -0.3 is 10.1 Å². The Morgan fingerprint density at radius 2 is 2.20 bits per heavy atom. The number of hydrogen-bond donors (Lipinski definition) is 1. The quantitative estimate of drug-likeness (QED) is 0.807. The Morgan fingerprint density at radius 1 is 1.40 bits per heavy atom. The lowest BCUT2D eigenvalue weighted by Crippen LogP contribution is -2.18. The van der Waals surface area contributed by atoms with E-state index >= 15 is 0 Å². The Balaban J connectivity index is 2.31. The van der Waals surface area contributed by atoms with Gasteiger partial charge in [-0.05, 0) is 30.3 Å². The highest BCUT2D eigenvalue weighted by molar-refractivity contribution is 9.10. The topological polar surface area (TPSA) is 21.3 Å². The van der Waals surface area contributed by atoms with Gasteiger partial charge in [-0.3, -0.25) is 0 Å². The van der Waals surface area contributed by atoms with Crippen molar-refractivity contribution in [3.63, 3.8) is 0 Å². The summed E-state index contributed by atoms with van der Waals surface area (Å²) in [6.45, 7) is 4.90. The van der Waals surface area contributed by atoms with Gasteiger partial charge in [0.25, 0.3) is 0 Å². The Labute approximate surface area is 98.0 Å². The van der Waals surface area contributed by atoms with Gasteiger partial charge in [-0.25, -0.2) is 4.39 Å². The van der Waals surface area contributed by atoms with Gasteiger partial charge in [0.05, 0.1) is 13.2 Å². The van der Waals surface area contributed by atoms with Gasteiger partial charge in [0.15, 0.2) is 0 Å². The van der Waals surface area contributed by atoms with Crippen LogP contribution in [0.2, 0.25) is 0 Å². The lowest BCUT2D eigenvalue weighted by atomic mass is 10.2. The molecule has 0 bridgehead atoms. The second-order valence-corrected chi connectivity index (χ2v) is 4.10. The highest BCUT2D eigenvalue weighted by Gasteiger charge is 1.98. The summed E-state index contributed by atoms with van der Waals surface area (Å²) >= 11 is 3.24. The smallest absolute Gasteiger partial charge is 0.124 e. The van der Waals surface area contributed by atoms with Crippen molar-refractivity contribution < 1.29 is 9.13 Å². The standard InChI is InChI=1S/C11H15BrFNO/c1-2-14-3-4-15-8-9-5-10(12)7-11(13)6-9/h5-7,14H,2-4,8H2,1H3. The normalized spacial score (nSPS) is 10.6. The molecule has 0 unspecified atom stereocenters. The molecule has 1 rings (SSSR count). The minimum atomic E-state index is -0.241. The van der Waals surface area contributed by atoms with Crippen LogP contribution in [0.5, 0.6) is 0 Å². The maximum atomic E-state index is 13.0. The Hall–Kier alpha value is -0.450. The van der Waals surface area contributed by atoms with Crippen molar-refractivity contribution in [2.45, 2.75) is 13.5 Å². The summed E-state index contributed by atoms with van der Waals surface area (Å²) in [6, 6.07) is 4.77. The molecule has 1 aromatic carbocycles. The third-order valence-corrected chi connectivity index (χ3v) is 2.32. The fraction of sp³-hybridized carbons (Fsp3) is 0.455. The van der Waals surface area contributed by atoms with Crippen molar-refractivity contribution in [2.24, 2.45) is 0 Å². The van der Waals surface area contributed by atoms with Gasteiger partial charge in [0.1, 0.15) is 5.82 Å². The average molecular weight is 276 g/mol. The molecule has 4 heteroatoms. The molecule has 0 radical (unpaired) electrons. The number of nitrogens with one attached hydrogen (secondary N) is 1. The van der Waals surface area contributed by atoms with E-state index in [1.54, 1.807) is 0 Å². The van der Waals surface area contributed by atoms with E-state index in [2.05, 4.69) is 21.2 Å². The first kappa shape index (κ1) is 12.6. The van der Waals surface area contributed by atoms with Crippen molar-refractivity contribution in [3.05, 3.63) is 34.1 Å². The lowest BCUT2D eigenvalue weighted by molar-refractivity contribution is 0.123. The van der Waals surface area contributed by atoms with Gasteiger partial charge in [0, 0.05) is 11.0 Å². The number of benzene rings is 1. The molecule has 84 valence electrons. The van der Waals surface area contributed by atoms with E-state index in [9.17, 15) is 4.39 Å². The molecule has 0 aliphatic rings. The van der Waals surface area contributed by atoms with E-state index in [-0.39, 0.29) is 5.82 Å². The molecule has 0 saturated carbocycles. The Bertz CT molecular complexity index is 286. The first-order valence-corrected chi connectivity index (χ1v) is 5.75. The minimum absolute atomic E-state index is 0.241. The SMILES string of the molecule is CCNCCOCc1cc(F)cc(Br)c1. The number of ether oxygens (including phenoxy) is 1. The van der Waals surface area contributed by atoms with Crippen LogP contribution in [0.1, 0.15) is 12.5 Å². The molecular formula is C11H15BrFNO. The van der Waals surface area contributed by atoms with Crippen LogP contribution in [-0.4, -0.2) is 19.7 Å². The number of rotatable bonds is 6. The molecule has 0 aliphatic heterocycles. The van der Waals surface area contributed by atoms with Crippen LogP contribution in [0.15, 0.2) is 22.7 Å². The van der Waals surface area contributed by atoms with Crippen LogP contribution in [0.4, 0.5) is 4.39 Å². The van der Waals surface area contributed by atoms with Crippen LogP contribution in [0.25, 0.3) is 0 Å². The van der Waals surface area contributed by atoms with Crippen LogP contribution in [-0.2, 0) is 11.3 Å². The van der Waals surface area contributed by atoms with Crippen molar-refractivity contribution >= 4 is 15.9 Å². The van der Waals surface area contributed by atoms with E-state index in [1.165, 1.54) is 12.1 Å². The molecular weight excluding hydrogens is 261 g/mol. The summed E-state index contributed by atoms with van der Waals surface area (Å²) in [5.41, 5.74) is 0.846. The number of likely N-dealkylation sites (N-methyl/N-ethyl adjacent to an activating group) is 1. The van der Waals surface area contributed by atoms with E-state index in [0.717, 1.165) is 23.1 Å². The maximum Gasteiger partial charge on any atom is 0.124 e. The summed E-state index contributed by atoms with van der Waals surface area (Å²) in [4.78, 5) is 0. The summed E-state index contributed by atoms with van der Waals surface area (Å²) in [6.07, 6.45) is 0. The minimum Gasteiger partial charge on any atom is -0.375 e. The lowest BCUT2D eigenvalue weighted by Gasteiger charge is -2.05. The van der Waals surface area contributed by atoms with Gasteiger partial charge in [-0.15, -0.1) is 0 Å². The molecule has 0 aromatic heterocycles. The molecule has 1 aromatic rings. The van der Waals surface area contributed by atoms with Crippen molar-refractivity contribution in [1.82, 2.24) is 5.32 Å². The van der Waals surface area contributed by atoms with Crippen LogP contribution in [0.3, 0.4) is 0 Å². The summed E-state index contributed by atoms with van der Waals surface area (Å²) < 4.78 is 19.1. The zero-order valence-corrected chi connectivity index (χ0v) is 10.3. The predicted octanol–water partition coefficient (Wildman–Crippen LogP) is 2.71. The molecule has 2 nitrogen and oxygen atoms in total. The zero-order chi connectivity index (χ0) is 11.1. The molecule has 0 heterocycles. The fourth-order valence-corrected chi connectivity index (χ4v) is 1.72. The molecule has 15 heavy (non-hydrogen) atoms. The van der Waals surface area contributed by atoms with Crippen molar-refractivity contribution in [3.8, 4) is 0 Å². The van der Waals surface area contributed by atoms with Crippen LogP contribution in [0, 0.1) is 5.82 Å². The Kier molecular flexibility index (Phi) is 5.83. The van der Waals surface area contributed by atoms with E-state index in [1.807, 2.05) is 13.0 Å². The second kappa shape index (κ2) is 6.93. The molecule has 1 N–H and O–H groups in total. The molecule has 0 fully saturated rings. The summed E-state index contributed by atoms with van der Waals surface area (Å²) in [7, 11) is 0. The van der Waals surface area contributed by atoms with Gasteiger partial charge in [-0.1, -0.05) is 22.9 Å². The summed E-state index contributed by atoms with van der Waals surface area (Å²) in [5.74, 6) is -0.241. The maximum absolute atomic E-state index is 13.0. The number of hydrogen-bond acceptors (Lipinski definition) is 2. The second-order valence-electron chi connectivity index (χ2n) is 3.18. The molecule has 0 aliphatic carbocycles. The first-order chi connectivity index (χ1) is 7.22. The monoisotopic (exact) mass is 275 g/mol. The highest BCUT2D eigenvalue weighted by Crippen LogP contribution is 2.15. The largest absolute Gasteiger partial charge is 0.375 e. The average Bonchev–Trinajstić information content (AvgIpc) is 2.16. The van der Waals surface area contributed by atoms with Gasteiger partial charge >= 0.3 is 0 Å². The van der Waals surface area contributed by atoms with Gasteiger partial charge in [-0.2, -0.15) is 0 Å².